The minimum Gasteiger partial charge on any atom is -0.258 e. The van der Waals surface area contributed by atoms with E-state index < -0.39 is 0 Å². The van der Waals surface area contributed by atoms with Crippen molar-refractivity contribution < 1.29 is 4.92 Å². The van der Waals surface area contributed by atoms with Gasteiger partial charge >= 0.3 is 0 Å². The third kappa shape index (κ3) is 2.71. The largest absolute Gasteiger partial charge is 0.277 e. The normalized spacial score (nSPS) is 10.6. The van der Waals surface area contributed by atoms with Gasteiger partial charge in [-0.2, -0.15) is 4.68 Å². The highest BCUT2D eigenvalue weighted by molar-refractivity contribution is 5.85. The first-order chi connectivity index (χ1) is 12.8. The first-order valence-corrected chi connectivity index (χ1v) is 7.92. The maximum absolute atomic E-state index is 11.4. The molecule has 4 rings (SSSR count). The highest BCUT2D eigenvalue weighted by atomic mass is 16.6. The Kier molecular flexibility index (Phi) is 3.95. The van der Waals surface area contributed by atoms with Crippen molar-refractivity contribution in [3.8, 4) is 28.2 Å². The van der Waals surface area contributed by atoms with Gasteiger partial charge in [0.05, 0.1) is 16.2 Å². The number of para-hydroxylation sites is 2. The van der Waals surface area contributed by atoms with E-state index in [9.17, 15) is 10.1 Å². The number of rotatable bonds is 4. The summed E-state index contributed by atoms with van der Waals surface area (Å²) in [5.74, 6) is 0.518. The van der Waals surface area contributed by atoms with E-state index in [2.05, 4.69) is 15.5 Å². The molecule has 0 fully saturated rings. The van der Waals surface area contributed by atoms with Crippen molar-refractivity contribution >= 4 is 5.69 Å². The molecule has 0 aliphatic heterocycles. The van der Waals surface area contributed by atoms with Gasteiger partial charge < -0.3 is 0 Å². The Morgan fingerprint density at radius 2 is 1.38 bits per heavy atom. The molecular formula is C19H13N5O2. The molecular weight excluding hydrogens is 330 g/mol. The topological polar surface area (TPSA) is 86.7 Å². The SMILES string of the molecule is O=[N+]([O-])c1ccccc1-c1ccccc1-c1nnnn1-c1ccccc1. The van der Waals surface area contributed by atoms with Crippen molar-refractivity contribution in [3.63, 3.8) is 0 Å². The van der Waals surface area contributed by atoms with E-state index in [0.717, 1.165) is 11.3 Å². The molecule has 1 aromatic heterocycles. The summed E-state index contributed by atoms with van der Waals surface area (Å²) in [6.45, 7) is 0. The lowest BCUT2D eigenvalue weighted by molar-refractivity contribution is -0.384. The molecule has 0 saturated carbocycles. The minimum absolute atomic E-state index is 0.0404. The van der Waals surface area contributed by atoms with Crippen LogP contribution >= 0.6 is 0 Å². The zero-order chi connectivity index (χ0) is 17.9. The zero-order valence-corrected chi connectivity index (χ0v) is 13.6. The van der Waals surface area contributed by atoms with Crippen LogP contribution in [0.4, 0.5) is 5.69 Å². The van der Waals surface area contributed by atoms with E-state index in [1.165, 1.54) is 6.07 Å². The summed E-state index contributed by atoms with van der Waals surface area (Å²) < 4.78 is 1.62. The summed E-state index contributed by atoms with van der Waals surface area (Å²) >= 11 is 0. The Hall–Kier alpha value is -3.87. The van der Waals surface area contributed by atoms with Crippen molar-refractivity contribution in [2.45, 2.75) is 0 Å². The fraction of sp³-hybridized carbons (Fsp3) is 0. The van der Waals surface area contributed by atoms with Crippen molar-refractivity contribution in [1.29, 1.82) is 0 Å². The van der Waals surface area contributed by atoms with Gasteiger partial charge in [0.25, 0.3) is 5.69 Å². The van der Waals surface area contributed by atoms with Crippen molar-refractivity contribution in [3.05, 3.63) is 89.0 Å². The molecule has 0 unspecified atom stereocenters. The fourth-order valence-corrected chi connectivity index (χ4v) is 2.87. The number of hydrogen-bond acceptors (Lipinski definition) is 5. The van der Waals surface area contributed by atoms with Crippen LogP contribution < -0.4 is 0 Å². The summed E-state index contributed by atoms with van der Waals surface area (Å²) in [5.41, 5.74) is 2.79. The smallest absolute Gasteiger partial charge is 0.258 e. The Morgan fingerprint density at radius 1 is 0.769 bits per heavy atom. The molecule has 4 aromatic rings. The molecule has 1 heterocycles. The first-order valence-electron chi connectivity index (χ1n) is 7.92. The van der Waals surface area contributed by atoms with Gasteiger partial charge in [-0.25, -0.2) is 0 Å². The van der Waals surface area contributed by atoms with Crippen LogP contribution in [0, 0.1) is 10.1 Å². The maximum Gasteiger partial charge on any atom is 0.277 e. The van der Waals surface area contributed by atoms with Crippen molar-refractivity contribution in [2.24, 2.45) is 0 Å². The van der Waals surface area contributed by atoms with E-state index >= 15 is 0 Å². The number of aromatic nitrogens is 4. The van der Waals surface area contributed by atoms with E-state index in [-0.39, 0.29) is 10.6 Å². The molecule has 0 amide bonds. The summed E-state index contributed by atoms with van der Waals surface area (Å²) in [7, 11) is 0. The summed E-state index contributed by atoms with van der Waals surface area (Å²) in [6, 6.07) is 23.5. The minimum atomic E-state index is -0.383. The molecule has 0 saturated heterocycles. The number of hydrogen-bond donors (Lipinski definition) is 0. The average molecular weight is 343 g/mol. The van der Waals surface area contributed by atoms with Crippen LogP contribution in [0.3, 0.4) is 0 Å². The van der Waals surface area contributed by atoms with Gasteiger partial charge in [-0.15, -0.1) is 5.10 Å². The fourth-order valence-electron chi connectivity index (χ4n) is 2.87. The molecule has 7 nitrogen and oxygen atoms in total. The van der Waals surface area contributed by atoms with Crippen LogP contribution in [-0.4, -0.2) is 25.1 Å². The van der Waals surface area contributed by atoms with Crippen LogP contribution in [-0.2, 0) is 0 Å². The predicted molar refractivity (Wildman–Crippen MR) is 96.7 cm³/mol. The molecule has 0 aliphatic carbocycles. The molecule has 0 bridgehead atoms. The van der Waals surface area contributed by atoms with Crippen molar-refractivity contribution in [2.75, 3.05) is 0 Å². The molecule has 0 atom stereocenters. The summed E-state index contributed by atoms with van der Waals surface area (Å²) in [5, 5.41) is 23.5. The number of nitrogens with zero attached hydrogens (tertiary/aromatic N) is 5. The average Bonchev–Trinajstić information content (AvgIpc) is 3.18. The quantitative estimate of drug-likeness (QED) is 0.414. The summed E-state index contributed by atoms with van der Waals surface area (Å²) in [4.78, 5) is 11.1. The van der Waals surface area contributed by atoms with E-state index in [4.69, 9.17) is 0 Å². The zero-order valence-electron chi connectivity index (χ0n) is 13.6. The number of nitro benzene ring substituents is 1. The monoisotopic (exact) mass is 343 g/mol. The third-order valence-electron chi connectivity index (χ3n) is 4.03. The Balaban J connectivity index is 1.93. The van der Waals surface area contributed by atoms with Crippen LogP contribution in [0.1, 0.15) is 0 Å². The second-order valence-electron chi connectivity index (χ2n) is 5.57. The predicted octanol–water partition coefficient (Wildman–Crippen LogP) is 3.90. The lowest BCUT2D eigenvalue weighted by Crippen LogP contribution is -2.01. The van der Waals surface area contributed by atoms with Gasteiger partial charge in [-0.1, -0.05) is 54.6 Å². The Bertz CT molecular complexity index is 1080. The van der Waals surface area contributed by atoms with Gasteiger partial charge in [-0.3, -0.25) is 10.1 Å². The molecule has 26 heavy (non-hydrogen) atoms. The van der Waals surface area contributed by atoms with E-state index in [1.54, 1.807) is 22.9 Å². The Morgan fingerprint density at radius 3 is 2.12 bits per heavy atom. The van der Waals surface area contributed by atoms with Crippen LogP contribution in [0.5, 0.6) is 0 Å². The number of tetrazole rings is 1. The van der Waals surface area contributed by atoms with Gasteiger partial charge in [-0.05, 0) is 34.2 Å². The standard InChI is InChI=1S/C19H13N5O2/c25-24(26)18-13-7-6-11-16(18)15-10-4-5-12-17(15)19-20-21-22-23(19)14-8-2-1-3-9-14/h1-13H. The highest BCUT2D eigenvalue weighted by Crippen LogP contribution is 2.36. The summed E-state index contributed by atoms with van der Waals surface area (Å²) in [6.07, 6.45) is 0. The van der Waals surface area contributed by atoms with Crippen LogP contribution in [0.2, 0.25) is 0 Å². The lowest BCUT2D eigenvalue weighted by Gasteiger charge is -2.10. The van der Waals surface area contributed by atoms with Gasteiger partial charge in [0.2, 0.25) is 0 Å². The molecule has 126 valence electrons. The lowest BCUT2D eigenvalue weighted by atomic mass is 9.97. The van der Waals surface area contributed by atoms with Gasteiger partial charge in [0.1, 0.15) is 0 Å². The molecule has 3 aromatic carbocycles. The second-order valence-corrected chi connectivity index (χ2v) is 5.57. The van der Waals surface area contributed by atoms with E-state index in [0.29, 0.717) is 17.0 Å². The molecule has 0 spiro atoms. The number of benzene rings is 3. The Labute approximate surface area is 148 Å². The van der Waals surface area contributed by atoms with Crippen molar-refractivity contribution in [1.82, 2.24) is 20.2 Å². The molecule has 0 radical (unpaired) electrons. The highest BCUT2D eigenvalue weighted by Gasteiger charge is 2.20. The van der Waals surface area contributed by atoms with Crippen LogP contribution in [0.15, 0.2) is 78.9 Å². The molecule has 0 aliphatic rings. The van der Waals surface area contributed by atoms with Gasteiger partial charge in [0, 0.05) is 11.6 Å². The second kappa shape index (κ2) is 6.56. The number of nitro groups is 1. The molecule has 0 N–H and O–H groups in total. The maximum atomic E-state index is 11.4. The third-order valence-corrected chi connectivity index (χ3v) is 4.03. The molecule has 7 heteroatoms. The van der Waals surface area contributed by atoms with E-state index in [1.807, 2.05) is 54.6 Å². The first kappa shape index (κ1) is 15.6. The van der Waals surface area contributed by atoms with Crippen LogP contribution in [0.25, 0.3) is 28.2 Å². The van der Waals surface area contributed by atoms with Gasteiger partial charge in [0.15, 0.2) is 5.82 Å².